The van der Waals surface area contributed by atoms with E-state index in [9.17, 15) is 22.0 Å². The zero-order valence-corrected chi connectivity index (χ0v) is 13.8. The Balaban J connectivity index is 1.62. The molecule has 0 unspecified atom stereocenters. The standard InChI is InChI=1S/C17H14F5N5/c18-11-3-4-13(19)12(6-11)14-2-1-5-26(14)15-7-16(25-24-15)27-9-10(8-23-27)17(20,21)22/h3-4,6-9,14H,1-2,5H2,(H,24,25)/t14-/m1/s1. The molecule has 3 aromatic rings. The van der Waals surface area contributed by atoms with Crippen LogP contribution in [0, 0.1) is 11.6 Å². The molecule has 142 valence electrons. The molecule has 1 aliphatic heterocycles. The van der Waals surface area contributed by atoms with Crippen molar-refractivity contribution < 1.29 is 22.0 Å². The molecule has 0 spiro atoms. The maximum Gasteiger partial charge on any atom is 0.419 e. The lowest BCUT2D eigenvalue weighted by Gasteiger charge is -2.25. The lowest BCUT2D eigenvalue weighted by molar-refractivity contribution is -0.137. The first-order chi connectivity index (χ1) is 12.8. The van der Waals surface area contributed by atoms with Gasteiger partial charge in [-0.1, -0.05) is 0 Å². The highest BCUT2D eigenvalue weighted by atomic mass is 19.4. The third-order valence-electron chi connectivity index (χ3n) is 4.57. The van der Waals surface area contributed by atoms with Crippen LogP contribution in [-0.2, 0) is 6.18 Å². The summed E-state index contributed by atoms with van der Waals surface area (Å²) in [6, 6.07) is 4.43. The van der Waals surface area contributed by atoms with Crippen LogP contribution in [0.15, 0.2) is 36.7 Å². The van der Waals surface area contributed by atoms with Gasteiger partial charge < -0.3 is 4.90 Å². The van der Waals surface area contributed by atoms with Gasteiger partial charge in [-0.3, -0.25) is 5.10 Å². The van der Waals surface area contributed by atoms with Crippen LogP contribution in [0.25, 0.3) is 5.82 Å². The molecule has 0 bridgehead atoms. The van der Waals surface area contributed by atoms with E-state index in [1.165, 1.54) is 6.07 Å². The number of rotatable bonds is 3. The number of H-pyrrole nitrogens is 1. The molecule has 4 rings (SSSR count). The Morgan fingerprint density at radius 2 is 1.96 bits per heavy atom. The van der Waals surface area contributed by atoms with E-state index in [0.717, 1.165) is 41.7 Å². The molecule has 1 aliphatic rings. The maximum absolute atomic E-state index is 14.2. The topological polar surface area (TPSA) is 49.7 Å². The van der Waals surface area contributed by atoms with Gasteiger partial charge in [-0.25, -0.2) is 13.5 Å². The summed E-state index contributed by atoms with van der Waals surface area (Å²) in [4.78, 5) is 1.80. The molecule has 5 nitrogen and oxygen atoms in total. The van der Waals surface area contributed by atoms with Crippen LogP contribution in [0.1, 0.15) is 30.0 Å². The normalized spacial score (nSPS) is 17.7. The molecule has 1 aromatic carbocycles. The zero-order valence-electron chi connectivity index (χ0n) is 13.8. The van der Waals surface area contributed by atoms with Crippen molar-refractivity contribution in [2.45, 2.75) is 25.1 Å². The average Bonchev–Trinajstić information content (AvgIpc) is 3.35. The molecule has 1 fully saturated rings. The number of anilines is 1. The minimum atomic E-state index is -4.49. The molecule has 27 heavy (non-hydrogen) atoms. The Kier molecular flexibility index (Phi) is 4.12. The van der Waals surface area contributed by atoms with E-state index < -0.39 is 29.4 Å². The van der Waals surface area contributed by atoms with E-state index >= 15 is 0 Å². The number of hydrogen-bond acceptors (Lipinski definition) is 3. The number of aromatic nitrogens is 4. The molecule has 3 heterocycles. The van der Waals surface area contributed by atoms with Crippen LogP contribution in [0.3, 0.4) is 0 Å². The van der Waals surface area contributed by atoms with Crippen molar-refractivity contribution in [1.82, 2.24) is 20.0 Å². The number of nitrogens with zero attached hydrogens (tertiary/aromatic N) is 4. The molecule has 10 heteroatoms. The lowest BCUT2D eigenvalue weighted by atomic mass is 10.0. The van der Waals surface area contributed by atoms with Crippen molar-refractivity contribution >= 4 is 5.82 Å². The Labute approximate surface area is 150 Å². The summed E-state index contributed by atoms with van der Waals surface area (Å²) >= 11 is 0. The first kappa shape index (κ1) is 17.5. The number of alkyl halides is 3. The Morgan fingerprint density at radius 1 is 1.15 bits per heavy atom. The maximum atomic E-state index is 14.2. The fourth-order valence-electron chi connectivity index (χ4n) is 3.30. The molecule has 0 amide bonds. The predicted octanol–water partition coefficient (Wildman–Crippen LogP) is 4.23. The van der Waals surface area contributed by atoms with Gasteiger partial charge in [0.25, 0.3) is 0 Å². The van der Waals surface area contributed by atoms with Crippen molar-refractivity contribution in [2.75, 3.05) is 11.4 Å². The number of halogens is 5. The highest BCUT2D eigenvalue weighted by Crippen LogP contribution is 2.37. The van der Waals surface area contributed by atoms with Crippen LogP contribution in [0.5, 0.6) is 0 Å². The predicted molar refractivity (Wildman–Crippen MR) is 86.4 cm³/mol. The van der Waals surface area contributed by atoms with Crippen molar-refractivity contribution in [3.63, 3.8) is 0 Å². The highest BCUT2D eigenvalue weighted by molar-refractivity contribution is 5.48. The van der Waals surface area contributed by atoms with E-state index in [4.69, 9.17) is 0 Å². The third-order valence-corrected chi connectivity index (χ3v) is 4.57. The Hall–Kier alpha value is -2.91. The van der Waals surface area contributed by atoms with Gasteiger partial charge in [-0.15, -0.1) is 0 Å². The quantitative estimate of drug-likeness (QED) is 0.689. The van der Waals surface area contributed by atoms with E-state index in [1.54, 1.807) is 4.90 Å². The lowest BCUT2D eigenvalue weighted by Crippen LogP contribution is -2.23. The highest BCUT2D eigenvalue weighted by Gasteiger charge is 2.33. The summed E-state index contributed by atoms with van der Waals surface area (Å²) in [5.41, 5.74) is -0.643. The molecule has 0 saturated carbocycles. The van der Waals surface area contributed by atoms with Crippen LogP contribution < -0.4 is 4.90 Å². The summed E-state index contributed by atoms with van der Waals surface area (Å²) in [6.07, 6.45) is -1.55. The summed E-state index contributed by atoms with van der Waals surface area (Å²) in [7, 11) is 0. The zero-order chi connectivity index (χ0) is 19.2. The van der Waals surface area contributed by atoms with Gasteiger partial charge in [0.15, 0.2) is 11.6 Å². The Morgan fingerprint density at radius 3 is 2.70 bits per heavy atom. The van der Waals surface area contributed by atoms with Crippen LogP contribution in [-0.4, -0.2) is 26.5 Å². The SMILES string of the molecule is Fc1ccc(F)c([C@H]2CCCN2c2cc(-n3cc(C(F)(F)F)cn3)[nH]n2)c1. The van der Waals surface area contributed by atoms with Crippen molar-refractivity contribution in [3.05, 3.63) is 59.4 Å². The molecule has 1 atom stereocenters. The summed E-state index contributed by atoms with van der Waals surface area (Å²) in [5, 5.41) is 10.4. The van der Waals surface area contributed by atoms with Gasteiger partial charge in [0.2, 0.25) is 0 Å². The van der Waals surface area contributed by atoms with Gasteiger partial charge in [-0.05, 0) is 31.0 Å². The van der Waals surface area contributed by atoms with E-state index in [2.05, 4.69) is 15.3 Å². The van der Waals surface area contributed by atoms with E-state index in [1.807, 2.05) is 0 Å². The van der Waals surface area contributed by atoms with Crippen molar-refractivity contribution in [2.24, 2.45) is 0 Å². The number of aromatic amines is 1. The Bertz CT molecular complexity index is 961. The monoisotopic (exact) mass is 383 g/mol. The van der Waals surface area contributed by atoms with Gasteiger partial charge in [0.1, 0.15) is 11.6 Å². The smallest absolute Gasteiger partial charge is 0.348 e. The fraction of sp³-hybridized carbons (Fsp3) is 0.294. The molecule has 1 N–H and O–H groups in total. The molecule has 0 radical (unpaired) electrons. The van der Waals surface area contributed by atoms with Crippen LogP contribution in [0.4, 0.5) is 27.8 Å². The second-order valence-electron chi connectivity index (χ2n) is 6.30. The van der Waals surface area contributed by atoms with Crippen molar-refractivity contribution in [3.8, 4) is 5.82 Å². The molecule has 0 aliphatic carbocycles. The van der Waals surface area contributed by atoms with E-state index in [0.29, 0.717) is 18.8 Å². The number of benzene rings is 1. The van der Waals surface area contributed by atoms with Gasteiger partial charge in [0, 0.05) is 24.4 Å². The summed E-state index contributed by atoms with van der Waals surface area (Å²) in [6.45, 7) is 0.567. The average molecular weight is 383 g/mol. The van der Waals surface area contributed by atoms with Gasteiger partial charge >= 0.3 is 6.18 Å². The second kappa shape index (κ2) is 6.36. The summed E-state index contributed by atoms with van der Waals surface area (Å²) in [5.74, 6) is -0.366. The minimum absolute atomic E-state index is 0.232. The molecule has 2 aromatic heterocycles. The first-order valence-electron chi connectivity index (χ1n) is 8.22. The molecule has 1 saturated heterocycles. The second-order valence-corrected chi connectivity index (χ2v) is 6.30. The minimum Gasteiger partial charge on any atom is -0.348 e. The molecular weight excluding hydrogens is 369 g/mol. The van der Waals surface area contributed by atoms with Gasteiger partial charge in [-0.2, -0.15) is 23.4 Å². The largest absolute Gasteiger partial charge is 0.419 e. The van der Waals surface area contributed by atoms with Crippen LogP contribution >= 0.6 is 0 Å². The number of hydrogen-bond donors (Lipinski definition) is 1. The number of nitrogens with one attached hydrogen (secondary N) is 1. The van der Waals surface area contributed by atoms with Gasteiger partial charge in [0.05, 0.1) is 17.8 Å². The van der Waals surface area contributed by atoms with Crippen molar-refractivity contribution in [1.29, 1.82) is 0 Å². The van der Waals surface area contributed by atoms with Crippen LogP contribution in [0.2, 0.25) is 0 Å². The fourth-order valence-corrected chi connectivity index (χ4v) is 3.30. The third kappa shape index (κ3) is 3.26. The van der Waals surface area contributed by atoms with E-state index in [-0.39, 0.29) is 11.4 Å². The first-order valence-corrected chi connectivity index (χ1v) is 8.22. The summed E-state index contributed by atoms with van der Waals surface area (Å²) < 4.78 is 66.9. The molecular formula is C17H14F5N5.